The van der Waals surface area contributed by atoms with Crippen LogP contribution in [0.2, 0.25) is 0 Å². The SMILES string of the molecule is CC(C)CC(=O)NC1CCC(N(C)C(=O)c2ccc(-c3nc4ccccc4o3)cc2)C1. The third-order valence-corrected chi connectivity index (χ3v) is 5.90. The van der Waals surface area contributed by atoms with Gasteiger partial charge in [0.05, 0.1) is 0 Å². The molecule has 0 spiro atoms. The number of fused-ring (bicyclic) bond motifs is 1. The van der Waals surface area contributed by atoms with E-state index in [0.29, 0.717) is 23.8 Å². The fourth-order valence-corrected chi connectivity index (χ4v) is 4.22. The van der Waals surface area contributed by atoms with Crippen molar-refractivity contribution in [3.05, 3.63) is 54.1 Å². The van der Waals surface area contributed by atoms with Gasteiger partial charge in [0.15, 0.2) is 5.58 Å². The van der Waals surface area contributed by atoms with Crippen molar-refractivity contribution in [3.63, 3.8) is 0 Å². The van der Waals surface area contributed by atoms with E-state index in [4.69, 9.17) is 4.42 Å². The lowest BCUT2D eigenvalue weighted by Crippen LogP contribution is -2.38. The molecule has 1 heterocycles. The lowest BCUT2D eigenvalue weighted by molar-refractivity contribution is -0.122. The van der Waals surface area contributed by atoms with E-state index in [1.54, 1.807) is 0 Å². The number of aromatic nitrogens is 1. The Labute approximate surface area is 182 Å². The number of hydrogen-bond acceptors (Lipinski definition) is 4. The van der Waals surface area contributed by atoms with E-state index in [1.807, 2.05) is 74.3 Å². The second kappa shape index (κ2) is 8.92. The van der Waals surface area contributed by atoms with Crippen molar-refractivity contribution >= 4 is 22.9 Å². The molecule has 4 rings (SSSR count). The molecule has 6 nitrogen and oxygen atoms in total. The van der Waals surface area contributed by atoms with E-state index in [1.165, 1.54) is 0 Å². The summed E-state index contributed by atoms with van der Waals surface area (Å²) in [5.74, 6) is 0.983. The van der Waals surface area contributed by atoms with Crippen LogP contribution in [0.3, 0.4) is 0 Å². The first-order valence-electron chi connectivity index (χ1n) is 10.9. The number of hydrogen-bond donors (Lipinski definition) is 1. The number of nitrogens with zero attached hydrogens (tertiary/aromatic N) is 2. The fraction of sp³-hybridized carbons (Fsp3) is 0.400. The lowest BCUT2D eigenvalue weighted by atomic mass is 10.1. The molecule has 1 aliphatic rings. The topological polar surface area (TPSA) is 75.4 Å². The van der Waals surface area contributed by atoms with Gasteiger partial charge in [-0.1, -0.05) is 26.0 Å². The summed E-state index contributed by atoms with van der Waals surface area (Å²) in [6.45, 7) is 4.08. The summed E-state index contributed by atoms with van der Waals surface area (Å²) in [6.07, 6.45) is 3.15. The van der Waals surface area contributed by atoms with Crippen molar-refractivity contribution in [3.8, 4) is 11.5 Å². The second-order valence-electron chi connectivity index (χ2n) is 8.81. The van der Waals surface area contributed by atoms with Gasteiger partial charge in [0.25, 0.3) is 5.91 Å². The Bertz CT molecular complexity index is 1040. The minimum atomic E-state index is -0.0109. The van der Waals surface area contributed by atoms with Crippen molar-refractivity contribution in [2.75, 3.05) is 7.05 Å². The van der Waals surface area contributed by atoms with Crippen LogP contribution in [0.15, 0.2) is 52.9 Å². The van der Waals surface area contributed by atoms with Crippen LogP contribution in [-0.4, -0.2) is 40.8 Å². The highest BCUT2D eigenvalue weighted by atomic mass is 16.3. The standard InChI is InChI=1S/C25H29N3O3/c1-16(2)14-23(29)26-19-12-13-20(15-19)28(3)25(30)18-10-8-17(9-11-18)24-27-21-6-4-5-7-22(21)31-24/h4-11,16,19-20H,12-15H2,1-3H3,(H,26,29). The highest BCUT2D eigenvalue weighted by Crippen LogP contribution is 2.27. The number of carbonyl (C=O) groups is 2. The lowest BCUT2D eigenvalue weighted by Gasteiger charge is -2.25. The van der Waals surface area contributed by atoms with Gasteiger partial charge < -0.3 is 14.6 Å². The van der Waals surface area contributed by atoms with Gasteiger partial charge in [-0.05, 0) is 61.6 Å². The largest absolute Gasteiger partial charge is 0.436 e. The molecule has 1 aliphatic carbocycles. The molecule has 1 fully saturated rings. The molecule has 1 aromatic heterocycles. The van der Waals surface area contributed by atoms with Crippen molar-refractivity contribution in [1.29, 1.82) is 0 Å². The molecule has 2 unspecified atom stereocenters. The zero-order valence-corrected chi connectivity index (χ0v) is 18.3. The third-order valence-electron chi connectivity index (χ3n) is 5.90. The van der Waals surface area contributed by atoms with Gasteiger partial charge >= 0.3 is 0 Å². The summed E-state index contributed by atoms with van der Waals surface area (Å²) >= 11 is 0. The maximum atomic E-state index is 13.0. The Morgan fingerprint density at radius 1 is 1.13 bits per heavy atom. The second-order valence-corrected chi connectivity index (χ2v) is 8.81. The van der Waals surface area contributed by atoms with Crippen LogP contribution < -0.4 is 5.32 Å². The number of rotatable bonds is 6. The summed E-state index contributed by atoms with van der Waals surface area (Å²) in [5.41, 5.74) is 3.03. The normalized spacial score (nSPS) is 18.5. The fourth-order valence-electron chi connectivity index (χ4n) is 4.22. The molecule has 162 valence electrons. The highest BCUT2D eigenvalue weighted by Gasteiger charge is 2.31. The Kier molecular flexibility index (Phi) is 6.07. The number of oxazole rings is 1. The smallest absolute Gasteiger partial charge is 0.253 e. The maximum Gasteiger partial charge on any atom is 0.253 e. The van der Waals surface area contributed by atoms with Gasteiger partial charge in [-0.3, -0.25) is 9.59 Å². The highest BCUT2D eigenvalue weighted by molar-refractivity contribution is 5.94. The average Bonchev–Trinajstić information content (AvgIpc) is 3.39. The van der Waals surface area contributed by atoms with E-state index >= 15 is 0 Å². The minimum Gasteiger partial charge on any atom is -0.436 e. The molecule has 6 heteroatoms. The number of carbonyl (C=O) groups excluding carboxylic acids is 2. The van der Waals surface area contributed by atoms with E-state index in [9.17, 15) is 9.59 Å². The first kappa shape index (κ1) is 21.1. The average molecular weight is 420 g/mol. The van der Waals surface area contributed by atoms with Gasteiger partial charge in [-0.15, -0.1) is 0 Å². The van der Waals surface area contributed by atoms with E-state index < -0.39 is 0 Å². The van der Waals surface area contributed by atoms with Gasteiger partial charge in [0.2, 0.25) is 11.8 Å². The van der Waals surface area contributed by atoms with Crippen LogP contribution in [0, 0.1) is 5.92 Å². The number of nitrogens with one attached hydrogen (secondary N) is 1. The van der Waals surface area contributed by atoms with Gasteiger partial charge in [0.1, 0.15) is 5.52 Å². The molecule has 3 aromatic rings. The van der Waals surface area contributed by atoms with Crippen LogP contribution in [0.25, 0.3) is 22.6 Å². The zero-order valence-electron chi connectivity index (χ0n) is 18.3. The van der Waals surface area contributed by atoms with Crippen LogP contribution in [0.1, 0.15) is 49.9 Å². The van der Waals surface area contributed by atoms with Crippen LogP contribution >= 0.6 is 0 Å². The number of benzene rings is 2. The van der Waals surface area contributed by atoms with E-state index in [0.717, 1.165) is 35.9 Å². The number of amides is 2. The Balaban J connectivity index is 1.38. The predicted octanol–water partition coefficient (Wildman–Crippen LogP) is 4.65. The van der Waals surface area contributed by atoms with Gasteiger partial charge in [-0.25, -0.2) is 4.98 Å². The van der Waals surface area contributed by atoms with Crippen molar-refractivity contribution in [1.82, 2.24) is 15.2 Å². The third kappa shape index (κ3) is 4.79. The molecule has 31 heavy (non-hydrogen) atoms. The molecule has 2 aromatic carbocycles. The summed E-state index contributed by atoms with van der Waals surface area (Å²) in [6, 6.07) is 15.3. The van der Waals surface area contributed by atoms with Crippen LogP contribution in [0.4, 0.5) is 0 Å². The molecule has 1 saturated carbocycles. The molecular weight excluding hydrogens is 390 g/mol. The summed E-state index contributed by atoms with van der Waals surface area (Å²) in [4.78, 5) is 31.4. The molecule has 0 radical (unpaired) electrons. The first-order chi connectivity index (χ1) is 14.9. The van der Waals surface area contributed by atoms with Gasteiger partial charge in [0, 0.05) is 36.7 Å². The number of para-hydroxylation sites is 2. The Morgan fingerprint density at radius 3 is 2.58 bits per heavy atom. The van der Waals surface area contributed by atoms with Crippen molar-refractivity contribution in [2.24, 2.45) is 5.92 Å². The molecule has 2 atom stereocenters. The Hall–Kier alpha value is -3.15. The Morgan fingerprint density at radius 2 is 1.87 bits per heavy atom. The van der Waals surface area contributed by atoms with E-state index in [2.05, 4.69) is 10.3 Å². The van der Waals surface area contributed by atoms with Crippen LogP contribution in [0.5, 0.6) is 0 Å². The molecule has 1 N–H and O–H groups in total. The molecular formula is C25H29N3O3. The summed E-state index contributed by atoms with van der Waals surface area (Å²) in [5, 5.41) is 3.12. The van der Waals surface area contributed by atoms with E-state index in [-0.39, 0.29) is 23.9 Å². The molecule has 0 bridgehead atoms. The van der Waals surface area contributed by atoms with Crippen molar-refractivity contribution in [2.45, 2.75) is 51.6 Å². The van der Waals surface area contributed by atoms with Crippen molar-refractivity contribution < 1.29 is 14.0 Å². The zero-order chi connectivity index (χ0) is 22.0. The molecule has 0 saturated heterocycles. The molecule has 0 aliphatic heterocycles. The maximum absolute atomic E-state index is 13.0. The minimum absolute atomic E-state index is 0.0109. The van der Waals surface area contributed by atoms with Crippen LogP contribution in [-0.2, 0) is 4.79 Å². The summed E-state index contributed by atoms with van der Waals surface area (Å²) < 4.78 is 5.81. The molecule has 2 amide bonds. The predicted molar refractivity (Wildman–Crippen MR) is 121 cm³/mol. The first-order valence-corrected chi connectivity index (χ1v) is 10.9. The quantitative estimate of drug-likeness (QED) is 0.631. The summed E-state index contributed by atoms with van der Waals surface area (Å²) in [7, 11) is 1.85. The monoisotopic (exact) mass is 419 g/mol. The van der Waals surface area contributed by atoms with Gasteiger partial charge in [-0.2, -0.15) is 0 Å².